The Labute approximate surface area is 127 Å². The van der Waals surface area contributed by atoms with E-state index in [1.54, 1.807) is 18.9 Å². The number of aromatic nitrogens is 2. The SMILES string of the molecule is Cc1cccc(C)c1N(C)C#N.Cc1nnsc1C(=O)O. The van der Waals surface area contributed by atoms with Gasteiger partial charge in [0.15, 0.2) is 11.1 Å². The minimum absolute atomic E-state index is 0.218. The zero-order valence-electron chi connectivity index (χ0n) is 12.3. The van der Waals surface area contributed by atoms with E-state index in [1.165, 1.54) is 0 Å². The quantitative estimate of drug-likeness (QED) is 0.677. The fraction of sp³-hybridized carbons (Fsp3) is 0.286. The molecule has 0 aliphatic heterocycles. The summed E-state index contributed by atoms with van der Waals surface area (Å²) < 4.78 is 3.45. The largest absolute Gasteiger partial charge is 0.477 e. The zero-order chi connectivity index (χ0) is 16.0. The molecule has 0 bridgehead atoms. The van der Waals surface area contributed by atoms with Crippen molar-refractivity contribution in [3.8, 4) is 6.19 Å². The second kappa shape index (κ2) is 7.36. The lowest BCUT2D eigenvalue weighted by Crippen LogP contribution is -2.11. The molecular formula is C14H16N4O2S. The number of carbonyl (C=O) groups is 1. The van der Waals surface area contributed by atoms with Crippen molar-refractivity contribution in [2.45, 2.75) is 20.8 Å². The number of rotatable bonds is 2. The first-order chi connectivity index (χ1) is 9.88. The molecule has 1 heterocycles. The Hall–Kier alpha value is -2.46. The Morgan fingerprint density at radius 2 is 1.90 bits per heavy atom. The van der Waals surface area contributed by atoms with E-state index in [4.69, 9.17) is 10.4 Å². The van der Waals surface area contributed by atoms with Gasteiger partial charge in [0.25, 0.3) is 0 Å². The standard InChI is InChI=1S/C10H12N2.C4H4N2O2S/c1-8-5-4-6-9(2)10(8)12(3)7-11;1-2-3(4(7)8)9-6-5-2/h4-6H,1-3H3;1H3,(H,7,8). The highest BCUT2D eigenvalue weighted by Gasteiger charge is 2.09. The Bertz CT molecular complexity index is 656. The molecule has 0 saturated heterocycles. The maximum atomic E-state index is 10.2. The average molecular weight is 304 g/mol. The third-order valence-corrected chi connectivity index (χ3v) is 3.59. The molecule has 0 radical (unpaired) electrons. The predicted molar refractivity (Wildman–Crippen MR) is 81.5 cm³/mol. The summed E-state index contributed by atoms with van der Waals surface area (Å²) in [4.78, 5) is 12.0. The van der Waals surface area contributed by atoms with Crippen LogP contribution in [-0.2, 0) is 0 Å². The van der Waals surface area contributed by atoms with Crippen molar-refractivity contribution in [1.29, 1.82) is 5.26 Å². The van der Waals surface area contributed by atoms with Crippen LogP contribution in [0.1, 0.15) is 26.5 Å². The number of benzene rings is 1. The molecule has 0 fully saturated rings. The maximum Gasteiger partial charge on any atom is 0.349 e. The molecule has 1 N–H and O–H groups in total. The molecule has 0 saturated carbocycles. The number of carboxylic acid groups (broad SMARTS) is 1. The number of aryl methyl sites for hydroxylation is 3. The summed E-state index contributed by atoms with van der Waals surface area (Å²) in [5.41, 5.74) is 3.77. The fourth-order valence-corrected chi connectivity index (χ4v) is 2.31. The summed E-state index contributed by atoms with van der Waals surface area (Å²) in [5, 5.41) is 20.6. The van der Waals surface area contributed by atoms with E-state index in [1.807, 2.05) is 32.0 Å². The summed E-state index contributed by atoms with van der Waals surface area (Å²) >= 11 is 0.897. The molecule has 0 amide bonds. The first-order valence-electron chi connectivity index (χ1n) is 6.10. The van der Waals surface area contributed by atoms with E-state index in [0.717, 1.165) is 28.3 Å². The first kappa shape index (κ1) is 16.6. The van der Waals surface area contributed by atoms with E-state index in [2.05, 4.69) is 15.8 Å². The van der Waals surface area contributed by atoms with Gasteiger partial charge < -0.3 is 5.11 Å². The monoisotopic (exact) mass is 304 g/mol. The van der Waals surface area contributed by atoms with Gasteiger partial charge in [-0.15, -0.1) is 5.10 Å². The van der Waals surface area contributed by atoms with Crippen LogP contribution in [0, 0.1) is 32.2 Å². The number of carboxylic acids is 1. The molecule has 0 unspecified atom stereocenters. The number of nitriles is 1. The number of para-hydroxylation sites is 1. The van der Waals surface area contributed by atoms with Crippen molar-refractivity contribution in [2.24, 2.45) is 0 Å². The topological polar surface area (TPSA) is 90.1 Å². The van der Waals surface area contributed by atoms with Crippen molar-refractivity contribution in [3.05, 3.63) is 39.9 Å². The number of nitrogens with zero attached hydrogens (tertiary/aromatic N) is 4. The van der Waals surface area contributed by atoms with Crippen molar-refractivity contribution in [1.82, 2.24) is 9.59 Å². The van der Waals surface area contributed by atoms with Gasteiger partial charge in [-0.3, -0.25) is 4.90 Å². The lowest BCUT2D eigenvalue weighted by atomic mass is 10.1. The molecule has 0 atom stereocenters. The lowest BCUT2D eigenvalue weighted by Gasteiger charge is -2.14. The summed E-state index contributed by atoms with van der Waals surface area (Å²) in [7, 11) is 1.77. The van der Waals surface area contributed by atoms with Crippen LogP contribution in [0.15, 0.2) is 18.2 Å². The van der Waals surface area contributed by atoms with Gasteiger partial charge in [0.2, 0.25) is 0 Å². The molecule has 0 aliphatic rings. The highest BCUT2D eigenvalue weighted by Crippen LogP contribution is 2.22. The van der Waals surface area contributed by atoms with Crippen molar-refractivity contribution in [2.75, 3.05) is 11.9 Å². The summed E-state index contributed by atoms with van der Waals surface area (Å²) in [6.07, 6.45) is 2.10. The maximum absolute atomic E-state index is 10.2. The Kier molecular flexibility index (Phi) is 5.81. The first-order valence-corrected chi connectivity index (χ1v) is 6.87. The predicted octanol–water partition coefficient (Wildman–Crippen LogP) is 2.77. The van der Waals surface area contributed by atoms with E-state index in [0.29, 0.717) is 5.69 Å². The number of aromatic carboxylic acids is 1. The second-order valence-electron chi connectivity index (χ2n) is 4.39. The van der Waals surface area contributed by atoms with E-state index >= 15 is 0 Å². The molecule has 2 aromatic rings. The van der Waals surface area contributed by atoms with Crippen molar-refractivity contribution < 1.29 is 9.90 Å². The van der Waals surface area contributed by atoms with Gasteiger partial charge in [-0.1, -0.05) is 22.7 Å². The van der Waals surface area contributed by atoms with Crippen LogP contribution >= 0.6 is 11.5 Å². The Morgan fingerprint density at radius 3 is 2.24 bits per heavy atom. The van der Waals surface area contributed by atoms with Gasteiger partial charge in [0, 0.05) is 7.05 Å². The highest BCUT2D eigenvalue weighted by molar-refractivity contribution is 7.07. The fourth-order valence-electron chi connectivity index (χ4n) is 1.81. The third-order valence-electron chi connectivity index (χ3n) is 2.77. The summed E-state index contributed by atoms with van der Waals surface area (Å²) in [5.74, 6) is -0.956. The van der Waals surface area contributed by atoms with Gasteiger partial charge >= 0.3 is 5.97 Å². The number of anilines is 1. The van der Waals surface area contributed by atoms with Crippen LogP contribution in [0.4, 0.5) is 5.69 Å². The molecule has 1 aromatic carbocycles. The van der Waals surface area contributed by atoms with Gasteiger partial charge in [-0.25, -0.2) is 4.79 Å². The van der Waals surface area contributed by atoms with Crippen molar-refractivity contribution in [3.63, 3.8) is 0 Å². The van der Waals surface area contributed by atoms with Crippen LogP contribution < -0.4 is 4.90 Å². The summed E-state index contributed by atoms with van der Waals surface area (Å²) in [6, 6.07) is 6.02. The third kappa shape index (κ3) is 4.26. The normalized spacial score (nSPS) is 9.29. The molecule has 0 aliphatic carbocycles. The Balaban J connectivity index is 0.000000219. The van der Waals surface area contributed by atoms with Crippen LogP contribution in [0.3, 0.4) is 0 Å². The van der Waals surface area contributed by atoms with E-state index in [-0.39, 0.29) is 4.88 Å². The number of hydrogen-bond donors (Lipinski definition) is 1. The molecule has 1 aromatic heterocycles. The zero-order valence-corrected chi connectivity index (χ0v) is 13.1. The van der Waals surface area contributed by atoms with Crippen molar-refractivity contribution >= 4 is 23.2 Å². The van der Waals surface area contributed by atoms with Crippen LogP contribution in [0.2, 0.25) is 0 Å². The summed E-state index contributed by atoms with van der Waals surface area (Å²) in [6.45, 7) is 5.64. The smallest absolute Gasteiger partial charge is 0.349 e. The average Bonchev–Trinajstić information content (AvgIpc) is 2.85. The Morgan fingerprint density at radius 1 is 1.33 bits per heavy atom. The minimum atomic E-state index is -0.956. The van der Waals surface area contributed by atoms with Crippen LogP contribution in [-0.4, -0.2) is 27.7 Å². The molecule has 7 heteroatoms. The molecule has 6 nitrogen and oxygen atoms in total. The second-order valence-corrected chi connectivity index (χ2v) is 5.15. The van der Waals surface area contributed by atoms with Crippen LogP contribution in [0.25, 0.3) is 0 Å². The molecule has 2 rings (SSSR count). The van der Waals surface area contributed by atoms with Gasteiger partial charge in [0.05, 0.1) is 11.4 Å². The number of hydrogen-bond acceptors (Lipinski definition) is 6. The van der Waals surface area contributed by atoms with Gasteiger partial charge in [0.1, 0.15) is 0 Å². The molecule has 110 valence electrons. The van der Waals surface area contributed by atoms with E-state index < -0.39 is 5.97 Å². The van der Waals surface area contributed by atoms with E-state index in [9.17, 15) is 4.79 Å². The van der Waals surface area contributed by atoms with Gasteiger partial charge in [-0.05, 0) is 43.4 Å². The molecular weight excluding hydrogens is 288 g/mol. The lowest BCUT2D eigenvalue weighted by molar-refractivity contribution is 0.0701. The molecule has 21 heavy (non-hydrogen) atoms. The van der Waals surface area contributed by atoms with Crippen LogP contribution in [0.5, 0.6) is 0 Å². The highest BCUT2D eigenvalue weighted by atomic mass is 32.1. The minimum Gasteiger partial charge on any atom is -0.477 e. The van der Waals surface area contributed by atoms with Gasteiger partial charge in [-0.2, -0.15) is 5.26 Å². The molecule has 0 spiro atoms.